The van der Waals surface area contributed by atoms with Crippen LogP contribution in [-0.2, 0) is 27.1 Å². The van der Waals surface area contributed by atoms with E-state index in [0.29, 0.717) is 13.2 Å². The number of ether oxygens (including phenoxy) is 1. The molecule has 0 aliphatic carbocycles. The Bertz CT molecular complexity index is 528. The second-order valence-electron chi connectivity index (χ2n) is 5.30. The average molecular weight is 298 g/mol. The van der Waals surface area contributed by atoms with Crippen molar-refractivity contribution >= 4 is 10.0 Å². The summed E-state index contributed by atoms with van der Waals surface area (Å²) in [7, 11) is -3.31. The lowest BCUT2D eigenvalue weighted by Crippen LogP contribution is -2.41. The summed E-state index contributed by atoms with van der Waals surface area (Å²) in [5, 5.41) is 0. The van der Waals surface area contributed by atoms with Gasteiger partial charge in [0.2, 0.25) is 10.0 Å². The fraction of sp³-hybridized carbons (Fsp3) is 0.571. The Hall–Kier alpha value is -0.950. The Morgan fingerprint density at radius 1 is 1.30 bits per heavy atom. The molecule has 0 saturated carbocycles. The van der Waals surface area contributed by atoms with Gasteiger partial charge in [-0.25, -0.2) is 13.1 Å². The third-order valence-electron chi connectivity index (χ3n) is 3.45. The van der Waals surface area contributed by atoms with Crippen molar-refractivity contribution < 1.29 is 13.2 Å². The van der Waals surface area contributed by atoms with Crippen molar-refractivity contribution in [3.05, 3.63) is 35.4 Å². The zero-order chi connectivity index (χ0) is 14.6. The number of nitrogens with two attached hydrogens (primary N) is 1. The Labute approximate surface area is 120 Å². The summed E-state index contributed by atoms with van der Waals surface area (Å²) in [6.45, 7) is 3.04. The smallest absolute Gasteiger partial charge is 0.216 e. The van der Waals surface area contributed by atoms with Crippen molar-refractivity contribution in [2.75, 3.05) is 6.61 Å². The molecule has 1 aromatic rings. The molecule has 1 heterocycles. The van der Waals surface area contributed by atoms with Crippen LogP contribution in [0.15, 0.2) is 24.3 Å². The third kappa shape index (κ3) is 4.56. The molecule has 1 saturated heterocycles. The molecule has 0 radical (unpaired) electrons. The summed E-state index contributed by atoms with van der Waals surface area (Å²) in [4.78, 5) is 0. The molecule has 1 fully saturated rings. The van der Waals surface area contributed by atoms with Crippen LogP contribution in [-0.4, -0.2) is 27.2 Å². The molecule has 3 N–H and O–H groups in total. The highest BCUT2D eigenvalue weighted by atomic mass is 32.2. The van der Waals surface area contributed by atoms with E-state index in [0.717, 1.165) is 24.0 Å². The van der Waals surface area contributed by atoms with Crippen LogP contribution < -0.4 is 10.5 Å². The standard InChI is InChI=1S/C14H22N2O3S/c1-11-8-14(6-7-19-11)16-20(17,18)10-13-4-2-12(9-15)3-5-13/h2-5,11,14,16H,6-10,15H2,1H3. The lowest BCUT2D eigenvalue weighted by Gasteiger charge is -2.27. The first kappa shape index (κ1) is 15.4. The lowest BCUT2D eigenvalue weighted by atomic mass is 10.1. The van der Waals surface area contributed by atoms with Crippen molar-refractivity contribution in [3.63, 3.8) is 0 Å². The molecule has 2 unspecified atom stereocenters. The first-order valence-corrected chi connectivity index (χ1v) is 8.53. The maximum Gasteiger partial charge on any atom is 0.216 e. The van der Waals surface area contributed by atoms with Gasteiger partial charge in [0.15, 0.2) is 0 Å². The fourth-order valence-electron chi connectivity index (χ4n) is 2.39. The maximum atomic E-state index is 12.2. The molecule has 0 bridgehead atoms. The van der Waals surface area contributed by atoms with Gasteiger partial charge in [0.05, 0.1) is 11.9 Å². The highest BCUT2D eigenvalue weighted by molar-refractivity contribution is 7.88. The van der Waals surface area contributed by atoms with Gasteiger partial charge in [-0.1, -0.05) is 24.3 Å². The van der Waals surface area contributed by atoms with Gasteiger partial charge >= 0.3 is 0 Å². The molecule has 2 atom stereocenters. The van der Waals surface area contributed by atoms with E-state index < -0.39 is 10.0 Å². The van der Waals surface area contributed by atoms with Crippen LogP contribution in [0.25, 0.3) is 0 Å². The Morgan fingerprint density at radius 3 is 2.55 bits per heavy atom. The summed E-state index contributed by atoms with van der Waals surface area (Å²) in [6, 6.07) is 7.33. The molecular formula is C14H22N2O3S. The Balaban J connectivity index is 1.95. The molecule has 2 rings (SSSR count). The molecule has 1 aliphatic rings. The fourth-order valence-corrected chi connectivity index (χ4v) is 3.83. The number of benzene rings is 1. The summed E-state index contributed by atoms with van der Waals surface area (Å²) in [5.74, 6) is 0.00356. The van der Waals surface area contributed by atoms with E-state index in [2.05, 4.69) is 4.72 Å². The van der Waals surface area contributed by atoms with E-state index in [1.807, 2.05) is 31.2 Å². The van der Waals surface area contributed by atoms with E-state index in [1.165, 1.54) is 0 Å². The van der Waals surface area contributed by atoms with Gasteiger partial charge in [0, 0.05) is 19.2 Å². The molecule has 20 heavy (non-hydrogen) atoms. The molecular weight excluding hydrogens is 276 g/mol. The number of rotatable bonds is 5. The van der Waals surface area contributed by atoms with Gasteiger partial charge in [-0.2, -0.15) is 0 Å². The third-order valence-corrected chi connectivity index (χ3v) is 4.85. The summed E-state index contributed by atoms with van der Waals surface area (Å²) >= 11 is 0. The van der Waals surface area contributed by atoms with Crippen LogP contribution in [0.4, 0.5) is 0 Å². The second-order valence-corrected chi connectivity index (χ2v) is 7.05. The van der Waals surface area contributed by atoms with Crippen molar-refractivity contribution in [2.24, 2.45) is 5.73 Å². The summed E-state index contributed by atoms with van der Waals surface area (Å²) < 4.78 is 32.5. The number of nitrogens with one attached hydrogen (secondary N) is 1. The molecule has 1 aliphatic heterocycles. The van der Waals surface area contributed by atoms with Crippen LogP contribution >= 0.6 is 0 Å². The van der Waals surface area contributed by atoms with Crippen LogP contribution in [0, 0.1) is 0 Å². The predicted molar refractivity (Wildman–Crippen MR) is 78.5 cm³/mol. The minimum Gasteiger partial charge on any atom is -0.378 e. The SMILES string of the molecule is CC1CC(NS(=O)(=O)Cc2ccc(CN)cc2)CCO1. The summed E-state index contributed by atoms with van der Waals surface area (Å²) in [6.07, 6.45) is 1.57. The number of sulfonamides is 1. The predicted octanol–water partition coefficient (Wildman–Crippen LogP) is 1.13. The molecule has 0 spiro atoms. The zero-order valence-corrected chi connectivity index (χ0v) is 12.5. The topological polar surface area (TPSA) is 81.4 Å². The molecule has 0 aromatic heterocycles. The molecule has 6 heteroatoms. The highest BCUT2D eigenvalue weighted by Gasteiger charge is 2.24. The monoisotopic (exact) mass is 298 g/mol. The first-order valence-electron chi connectivity index (χ1n) is 6.88. The van der Waals surface area contributed by atoms with Gasteiger partial charge in [0.25, 0.3) is 0 Å². The molecule has 0 amide bonds. The maximum absolute atomic E-state index is 12.2. The van der Waals surface area contributed by atoms with Crippen molar-refractivity contribution in [2.45, 2.75) is 44.2 Å². The first-order chi connectivity index (χ1) is 9.48. The second kappa shape index (κ2) is 6.67. The van der Waals surface area contributed by atoms with Gasteiger partial charge in [-0.05, 0) is 30.9 Å². The van der Waals surface area contributed by atoms with E-state index in [1.54, 1.807) is 0 Å². The van der Waals surface area contributed by atoms with E-state index >= 15 is 0 Å². The van der Waals surface area contributed by atoms with Crippen molar-refractivity contribution in [3.8, 4) is 0 Å². The van der Waals surface area contributed by atoms with E-state index in [9.17, 15) is 8.42 Å². The normalized spacial score (nSPS) is 23.7. The van der Waals surface area contributed by atoms with Gasteiger partial charge < -0.3 is 10.5 Å². The Kier molecular flexibility index (Phi) is 5.15. The Morgan fingerprint density at radius 2 is 1.95 bits per heavy atom. The number of hydrogen-bond acceptors (Lipinski definition) is 4. The molecule has 112 valence electrons. The van der Waals surface area contributed by atoms with Gasteiger partial charge in [0.1, 0.15) is 0 Å². The molecule has 1 aromatic carbocycles. The van der Waals surface area contributed by atoms with Crippen molar-refractivity contribution in [1.82, 2.24) is 4.72 Å². The largest absolute Gasteiger partial charge is 0.378 e. The minimum atomic E-state index is -3.31. The van der Waals surface area contributed by atoms with E-state index in [4.69, 9.17) is 10.5 Å². The van der Waals surface area contributed by atoms with Crippen molar-refractivity contribution in [1.29, 1.82) is 0 Å². The van der Waals surface area contributed by atoms with Crippen LogP contribution in [0.3, 0.4) is 0 Å². The quantitative estimate of drug-likeness (QED) is 0.854. The van der Waals surface area contributed by atoms with Gasteiger partial charge in [-0.15, -0.1) is 0 Å². The van der Waals surface area contributed by atoms with E-state index in [-0.39, 0.29) is 17.9 Å². The summed E-state index contributed by atoms with van der Waals surface area (Å²) in [5.41, 5.74) is 7.29. The molecule has 5 nitrogen and oxygen atoms in total. The van der Waals surface area contributed by atoms with Gasteiger partial charge in [-0.3, -0.25) is 0 Å². The highest BCUT2D eigenvalue weighted by Crippen LogP contribution is 2.15. The minimum absolute atomic E-state index is 0.00356. The van der Waals surface area contributed by atoms with Crippen LogP contribution in [0.1, 0.15) is 30.9 Å². The lowest BCUT2D eigenvalue weighted by molar-refractivity contribution is 0.0173. The van der Waals surface area contributed by atoms with Crippen LogP contribution in [0.5, 0.6) is 0 Å². The number of hydrogen-bond donors (Lipinski definition) is 2. The zero-order valence-electron chi connectivity index (χ0n) is 11.7. The average Bonchev–Trinajstić information content (AvgIpc) is 2.38. The van der Waals surface area contributed by atoms with Crippen LogP contribution in [0.2, 0.25) is 0 Å².